The fourth-order valence-corrected chi connectivity index (χ4v) is 5.03. The molecule has 0 aliphatic carbocycles. The first kappa shape index (κ1) is 21.6. The Labute approximate surface area is 171 Å². The molecule has 6 heteroatoms. The predicted molar refractivity (Wildman–Crippen MR) is 112 cm³/mol. The highest BCUT2D eigenvalue weighted by Crippen LogP contribution is 2.39. The van der Waals surface area contributed by atoms with Crippen molar-refractivity contribution in [3.05, 3.63) is 0 Å². The van der Waals surface area contributed by atoms with E-state index in [1.165, 1.54) is 0 Å². The second kappa shape index (κ2) is 9.57. The molecule has 3 fully saturated rings. The number of carbonyl (C=O) groups is 2. The van der Waals surface area contributed by atoms with E-state index in [9.17, 15) is 9.59 Å². The molecule has 3 saturated heterocycles. The van der Waals surface area contributed by atoms with Crippen molar-refractivity contribution in [3.63, 3.8) is 0 Å². The van der Waals surface area contributed by atoms with E-state index in [2.05, 4.69) is 40.4 Å². The molecule has 3 aliphatic rings. The Hall–Kier alpha value is -1.14. The summed E-state index contributed by atoms with van der Waals surface area (Å²) in [4.78, 5) is 34.3. The van der Waals surface area contributed by atoms with E-state index in [0.717, 1.165) is 84.6 Å². The number of rotatable bonds is 6. The van der Waals surface area contributed by atoms with Crippen LogP contribution in [0, 0.1) is 11.3 Å². The van der Waals surface area contributed by atoms with Gasteiger partial charge in [0.05, 0.1) is 6.54 Å². The van der Waals surface area contributed by atoms with Crippen molar-refractivity contribution >= 4 is 11.8 Å². The lowest BCUT2D eigenvalue weighted by atomic mass is 9.73. The molecule has 0 bridgehead atoms. The molecule has 160 valence electrons. The van der Waals surface area contributed by atoms with Gasteiger partial charge in [0, 0.05) is 64.2 Å². The molecule has 2 amide bonds. The maximum atomic E-state index is 13.0. The monoisotopic (exact) mass is 392 g/mol. The smallest absolute Gasteiger partial charge is 0.236 e. The topological polar surface area (TPSA) is 47.1 Å². The van der Waals surface area contributed by atoms with Crippen LogP contribution in [0.2, 0.25) is 0 Å². The second-order valence-electron chi connectivity index (χ2n) is 9.63. The summed E-state index contributed by atoms with van der Waals surface area (Å²) >= 11 is 0. The molecule has 0 aromatic heterocycles. The molecule has 3 aliphatic heterocycles. The molecule has 28 heavy (non-hydrogen) atoms. The fourth-order valence-electron chi connectivity index (χ4n) is 5.03. The largest absolute Gasteiger partial charge is 0.342 e. The highest BCUT2D eigenvalue weighted by molar-refractivity contribution is 5.79. The lowest BCUT2D eigenvalue weighted by Gasteiger charge is -2.48. The van der Waals surface area contributed by atoms with Gasteiger partial charge in [-0.2, -0.15) is 0 Å². The third-order valence-electron chi connectivity index (χ3n) is 7.01. The number of piperazine rings is 1. The molecule has 3 rings (SSSR count). The predicted octanol–water partition coefficient (Wildman–Crippen LogP) is 1.90. The summed E-state index contributed by atoms with van der Waals surface area (Å²) in [5, 5.41) is 0. The van der Waals surface area contributed by atoms with Gasteiger partial charge in [-0.05, 0) is 38.1 Å². The van der Waals surface area contributed by atoms with Crippen molar-refractivity contribution in [2.75, 3.05) is 65.4 Å². The molecule has 0 aromatic carbocycles. The second-order valence-corrected chi connectivity index (χ2v) is 9.63. The quantitative estimate of drug-likeness (QED) is 0.693. The van der Waals surface area contributed by atoms with Gasteiger partial charge < -0.3 is 14.7 Å². The Morgan fingerprint density at radius 1 is 1.04 bits per heavy atom. The van der Waals surface area contributed by atoms with Gasteiger partial charge in [-0.1, -0.05) is 20.8 Å². The number of likely N-dealkylation sites (N-methyl/N-ethyl adjacent to an activating group) is 1. The van der Waals surface area contributed by atoms with Crippen molar-refractivity contribution in [2.24, 2.45) is 11.3 Å². The Bertz CT molecular complexity index is 545. The van der Waals surface area contributed by atoms with Gasteiger partial charge in [0.2, 0.25) is 11.8 Å². The van der Waals surface area contributed by atoms with Crippen molar-refractivity contribution in [1.82, 2.24) is 19.6 Å². The van der Waals surface area contributed by atoms with Crippen molar-refractivity contribution < 1.29 is 9.59 Å². The Balaban J connectivity index is 1.54. The third-order valence-corrected chi connectivity index (χ3v) is 7.01. The first-order valence-corrected chi connectivity index (χ1v) is 11.4. The molecular formula is C22H40N4O2. The Morgan fingerprint density at radius 2 is 1.75 bits per heavy atom. The number of piperidine rings is 2. The highest BCUT2D eigenvalue weighted by Gasteiger charge is 2.42. The number of nitrogens with zero attached hydrogens (tertiary/aromatic N) is 4. The number of hydrogen-bond donors (Lipinski definition) is 0. The molecule has 3 heterocycles. The number of hydrogen-bond acceptors (Lipinski definition) is 4. The highest BCUT2D eigenvalue weighted by atomic mass is 16.2. The van der Waals surface area contributed by atoms with E-state index < -0.39 is 0 Å². The van der Waals surface area contributed by atoms with E-state index in [0.29, 0.717) is 24.8 Å². The van der Waals surface area contributed by atoms with Crippen molar-refractivity contribution in [3.8, 4) is 0 Å². The maximum absolute atomic E-state index is 13.0. The van der Waals surface area contributed by atoms with Gasteiger partial charge >= 0.3 is 0 Å². The van der Waals surface area contributed by atoms with Gasteiger partial charge in [0.1, 0.15) is 0 Å². The van der Waals surface area contributed by atoms with Crippen LogP contribution in [0.25, 0.3) is 0 Å². The van der Waals surface area contributed by atoms with Crippen LogP contribution in [-0.4, -0.2) is 96.9 Å². The zero-order valence-corrected chi connectivity index (χ0v) is 18.3. The fraction of sp³-hybridized carbons (Fsp3) is 0.909. The molecule has 1 spiro atoms. The van der Waals surface area contributed by atoms with E-state index in [4.69, 9.17) is 0 Å². The summed E-state index contributed by atoms with van der Waals surface area (Å²) in [5.41, 5.74) is 0.125. The number of amides is 2. The van der Waals surface area contributed by atoms with E-state index in [1.54, 1.807) is 0 Å². The third kappa shape index (κ3) is 5.47. The molecule has 0 saturated carbocycles. The molecule has 0 N–H and O–H groups in total. The first-order chi connectivity index (χ1) is 13.4. The standard InChI is InChI=1S/C22H40N4O2/c1-4-23-12-14-24(15-13-23)16-21(28)25-10-5-8-22(17-25)9-6-20(27)26(18-22)11-7-19(2)3/h19H,4-18H2,1-3H3/t22-/m0/s1. The van der Waals surface area contributed by atoms with Gasteiger partial charge in [-0.15, -0.1) is 0 Å². The van der Waals surface area contributed by atoms with Crippen LogP contribution in [0.1, 0.15) is 52.9 Å². The van der Waals surface area contributed by atoms with Crippen LogP contribution < -0.4 is 0 Å². The summed E-state index contributed by atoms with van der Waals surface area (Å²) in [7, 11) is 0. The lowest BCUT2D eigenvalue weighted by Crippen LogP contribution is -2.57. The summed E-state index contributed by atoms with van der Waals surface area (Å²) in [6.45, 7) is 15.9. The van der Waals surface area contributed by atoms with Gasteiger partial charge in [0.25, 0.3) is 0 Å². The minimum Gasteiger partial charge on any atom is -0.342 e. The first-order valence-electron chi connectivity index (χ1n) is 11.4. The van der Waals surface area contributed by atoms with Crippen LogP contribution in [0.5, 0.6) is 0 Å². The molecule has 0 unspecified atom stereocenters. The van der Waals surface area contributed by atoms with Gasteiger partial charge in [-0.3, -0.25) is 14.5 Å². The lowest BCUT2D eigenvalue weighted by molar-refractivity contribution is -0.143. The van der Waals surface area contributed by atoms with E-state index in [1.807, 2.05) is 0 Å². The van der Waals surface area contributed by atoms with Crippen molar-refractivity contribution in [1.29, 1.82) is 0 Å². The maximum Gasteiger partial charge on any atom is 0.236 e. The summed E-state index contributed by atoms with van der Waals surface area (Å²) in [5.74, 6) is 1.21. The molecular weight excluding hydrogens is 352 g/mol. The zero-order valence-electron chi connectivity index (χ0n) is 18.3. The SMILES string of the molecule is CCN1CCN(CC(=O)N2CCC[C@]3(CCC(=O)N(CCC(C)C)C3)C2)CC1. The van der Waals surface area contributed by atoms with Crippen LogP contribution >= 0.6 is 0 Å². The van der Waals surface area contributed by atoms with E-state index >= 15 is 0 Å². The summed E-state index contributed by atoms with van der Waals surface area (Å²) < 4.78 is 0. The Kier molecular flexibility index (Phi) is 7.37. The van der Waals surface area contributed by atoms with Crippen LogP contribution in [0.3, 0.4) is 0 Å². The normalized spacial score (nSPS) is 27.8. The van der Waals surface area contributed by atoms with Crippen LogP contribution in [0.4, 0.5) is 0 Å². The molecule has 6 nitrogen and oxygen atoms in total. The van der Waals surface area contributed by atoms with Crippen LogP contribution in [-0.2, 0) is 9.59 Å². The summed E-state index contributed by atoms with van der Waals surface area (Å²) in [6, 6.07) is 0. The van der Waals surface area contributed by atoms with E-state index in [-0.39, 0.29) is 11.3 Å². The Morgan fingerprint density at radius 3 is 2.43 bits per heavy atom. The average Bonchev–Trinajstić information content (AvgIpc) is 2.69. The molecule has 1 atom stereocenters. The number of carbonyl (C=O) groups excluding carboxylic acids is 2. The van der Waals surface area contributed by atoms with Crippen LogP contribution in [0.15, 0.2) is 0 Å². The van der Waals surface area contributed by atoms with Gasteiger partial charge in [0.15, 0.2) is 0 Å². The minimum atomic E-state index is 0.125. The summed E-state index contributed by atoms with van der Waals surface area (Å²) in [6.07, 6.45) is 4.88. The minimum absolute atomic E-state index is 0.125. The zero-order chi connectivity index (χ0) is 20.1. The van der Waals surface area contributed by atoms with Gasteiger partial charge in [-0.25, -0.2) is 0 Å². The molecule has 0 radical (unpaired) electrons. The number of likely N-dealkylation sites (tertiary alicyclic amines) is 2. The average molecular weight is 393 g/mol. The van der Waals surface area contributed by atoms with Crippen molar-refractivity contribution in [2.45, 2.75) is 52.9 Å². The molecule has 0 aromatic rings.